The number of hydrogen-bond donors (Lipinski definition) is 1. The van der Waals surface area contributed by atoms with Crippen LogP contribution >= 0.6 is 40.2 Å². The minimum Gasteiger partial charge on any atom is -0.311 e. The quantitative estimate of drug-likeness (QED) is 0.786. The maximum absolute atomic E-state index is 11.8. The number of carbonyl (C=O) groups excluding carboxylic acids is 1. The Morgan fingerprint density at radius 1 is 1.56 bits per heavy atom. The molecule has 0 radical (unpaired) electrons. The van der Waals surface area contributed by atoms with Gasteiger partial charge in [-0.05, 0) is 40.5 Å². The van der Waals surface area contributed by atoms with E-state index in [1.54, 1.807) is 4.90 Å². The Kier molecular flexibility index (Phi) is 3.52. The van der Waals surface area contributed by atoms with Crippen LogP contribution in [-0.2, 0) is 4.79 Å². The van der Waals surface area contributed by atoms with Gasteiger partial charge in [0.1, 0.15) is 0 Å². The van der Waals surface area contributed by atoms with Crippen molar-refractivity contribution in [2.75, 3.05) is 11.4 Å². The third kappa shape index (κ3) is 2.11. The van der Waals surface area contributed by atoms with Crippen molar-refractivity contribution >= 4 is 51.8 Å². The monoisotopic (exact) mass is 319 g/mol. The Labute approximate surface area is 113 Å². The van der Waals surface area contributed by atoms with E-state index in [9.17, 15) is 4.79 Å². The molecule has 2 nitrogen and oxygen atoms in total. The summed E-state index contributed by atoms with van der Waals surface area (Å²) in [4.78, 5) is 13.5. The molecular weight excluding hydrogens is 310 g/mol. The van der Waals surface area contributed by atoms with Gasteiger partial charge in [-0.1, -0.05) is 11.6 Å². The topological polar surface area (TPSA) is 20.3 Å². The molecule has 0 N–H and O–H groups in total. The van der Waals surface area contributed by atoms with E-state index in [-0.39, 0.29) is 11.2 Å². The molecule has 0 aromatic heterocycles. The second-order valence-electron chi connectivity index (χ2n) is 3.87. The van der Waals surface area contributed by atoms with Gasteiger partial charge in [0.25, 0.3) is 0 Å². The predicted octanol–water partition coefficient (Wildman–Crippen LogP) is 3.45. The zero-order valence-electron chi connectivity index (χ0n) is 8.70. The van der Waals surface area contributed by atoms with E-state index in [2.05, 4.69) is 28.6 Å². The summed E-state index contributed by atoms with van der Waals surface area (Å²) < 4.78 is 0.851. The predicted molar refractivity (Wildman–Crippen MR) is 73.6 cm³/mol. The van der Waals surface area contributed by atoms with Gasteiger partial charge in [-0.2, -0.15) is 12.6 Å². The number of anilines is 1. The van der Waals surface area contributed by atoms with E-state index < -0.39 is 0 Å². The van der Waals surface area contributed by atoms with Crippen LogP contribution in [-0.4, -0.2) is 17.7 Å². The number of rotatable bonds is 1. The molecule has 1 unspecified atom stereocenters. The van der Waals surface area contributed by atoms with Gasteiger partial charge in [0, 0.05) is 28.4 Å². The van der Waals surface area contributed by atoms with Gasteiger partial charge >= 0.3 is 0 Å². The second-order valence-corrected chi connectivity index (χ2v) is 5.83. The molecular formula is C11H11BrClNOS. The van der Waals surface area contributed by atoms with Crippen LogP contribution in [0.3, 0.4) is 0 Å². The standard InChI is InChI=1S/C11H11BrClNOS/c1-6-9(3-2-8(12)11(6)13)14-5-7(16)4-10(14)15/h2-3,7,16H,4-5H2,1H3. The Morgan fingerprint density at radius 3 is 2.81 bits per heavy atom. The van der Waals surface area contributed by atoms with E-state index >= 15 is 0 Å². The van der Waals surface area contributed by atoms with Crippen LogP contribution in [0.1, 0.15) is 12.0 Å². The average Bonchev–Trinajstić information content (AvgIpc) is 2.55. The van der Waals surface area contributed by atoms with Crippen LogP contribution in [0.15, 0.2) is 16.6 Å². The summed E-state index contributed by atoms with van der Waals surface area (Å²) in [6.07, 6.45) is 0.496. The summed E-state index contributed by atoms with van der Waals surface area (Å²) in [6, 6.07) is 3.78. The van der Waals surface area contributed by atoms with Crippen molar-refractivity contribution in [2.24, 2.45) is 0 Å². The summed E-state index contributed by atoms with van der Waals surface area (Å²) in [6.45, 7) is 2.57. The molecule has 86 valence electrons. The van der Waals surface area contributed by atoms with Crippen molar-refractivity contribution in [1.82, 2.24) is 0 Å². The largest absolute Gasteiger partial charge is 0.311 e. The lowest BCUT2D eigenvalue weighted by Gasteiger charge is -2.19. The van der Waals surface area contributed by atoms with Gasteiger partial charge in [0.2, 0.25) is 5.91 Å². The van der Waals surface area contributed by atoms with Crippen molar-refractivity contribution in [2.45, 2.75) is 18.6 Å². The van der Waals surface area contributed by atoms with Crippen LogP contribution < -0.4 is 4.90 Å². The number of halogens is 2. The first-order chi connectivity index (χ1) is 7.50. The highest BCUT2D eigenvalue weighted by Crippen LogP contribution is 2.35. The van der Waals surface area contributed by atoms with Crippen LogP contribution in [0.2, 0.25) is 5.02 Å². The highest BCUT2D eigenvalue weighted by Gasteiger charge is 2.29. The number of hydrogen-bond acceptors (Lipinski definition) is 2. The fraction of sp³-hybridized carbons (Fsp3) is 0.364. The number of amides is 1. The minimum absolute atomic E-state index is 0.112. The normalized spacial score (nSPS) is 20.6. The molecule has 1 heterocycles. The average molecular weight is 321 g/mol. The van der Waals surface area contributed by atoms with Crippen LogP contribution in [0.25, 0.3) is 0 Å². The highest BCUT2D eigenvalue weighted by atomic mass is 79.9. The molecule has 1 atom stereocenters. The molecule has 2 rings (SSSR count). The summed E-state index contributed by atoms with van der Waals surface area (Å²) in [5, 5.41) is 0.780. The van der Waals surface area contributed by atoms with E-state index in [1.165, 1.54) is 0 Å². The summed E-state index contributed by atoms with van der Waals surface area (Å²) in [5.74, 6) is 0.112. The smallest absolute Gasteiger partial charge is 0.228 e. The van der Waals surface area contributed by atoms with Gasteiger partial charge in [0.15, 0.2) is 0 Å². The fourth-order valence-electron chi connectivity index (χ4n) is 1.86. The third-order valence-electron chi connectivity index (χ3n) is 2.71. The first kappa shape index (κ1) is 12.3. The molecule has 0 saturated carbocycles. The second kappa shape index (κ2) is 4.59. The maximum Gasteiger partial charge on any atom is 0.228 e. The molecule has 1 aliphatic rings. The molecule has 1 amide bonds. The van der Waals surface area contributed by atoms with Crippen molar-refractivity contribution in [3.05, 3.63) is 27.2 Å². The molecule has 0 bridgehead atoms. The number of benzene rings is 1. The van der Waals surface area contributed by atoms with Crippen LogP contribution in [0.5, 0.6) is 0 Å². The van der Waals surface area contributed by atoms with E-state index in [4.69, 9.17) is 11.6 Å². The number of thiol groups is 1. The van der Waals surface area contributed by atoms with Crippen LogP contribution in [0.4, 0.5) is 5.69 Å². The molecule has 1 fully saturated rings. The molecule has 5 heteroatoms. The minimum atomic E-state index is 0.112. The SMILES string of the molecule is Cc1c(N2CC(S)CC2=O)ccc(Br)c1Cl. The van der Waals surface area contributed by atoms with E-state index in [0.717, 1.165) is 15.7 Å². The van der Waals surface area contributed by atoms with Crippen molar-refractivity contribution in [1.29, 1.82) is 0 Å². The lowest BCUT2D eigenvalue weighted by atomic mass is 10.2. The zero-order valence-corrected chi connectivity index (χ0v) is 11.9. The summed E-state index contributed by atoms with van der Waals surface area (Å²) in [7, 11) is 0. The molecule has 1 aliphatic heterocycles. The molecule has 0 aliphatic carbocycles. The Hall–Kier alpha value is -0.190. The van der Waals surface area contributed by atoms with Gasteiger partial charge in [-0.25, -0.2) is 0 Å². The highest BCUT2D eigenvalue weighted by molar-refractivity contribution is 9.10. The van der Waals surface area contributed by atoms with Gasteiger partial charge in [-0.15, -0.1) is 0 Å². The fourth-order valence-corrected chi connectivity index (χ4v) is 2.76. The summed E-state index contributed by atoms with van der Waals surface area (Å²) in [5.41, 5.74) is 1.81. The van der Waals surface area contributed by atoms with Gasteiger partial charge in [0.05, 0.1) is 5.02 Å². The first-order valence-electron chi connectivity index (χ1n) is 4.93. The Bertz CT molecular complexity index is 452. The van der Waals surface area contributed by atoms with Crippen molar-refractivity contribution < 1.29 is 4.79 Å². The molecule has 1 saturated heterocycles. The Balaban J connectivity index is 2.42. The summed E-state index contributed by atoms with van der Waals surface area (Å²) >= 11 is 13.8. The van der Waals surface area contributed by atoms with Gasteiger partial charge < -0.3 is 4.90 Å². The third-order valence-corrected chi connectivity index (χ3v) is 4.43. The number of nitrogens with zero attached hydrogens (tertiary/aromatic N) is 1. The number of carbonyl (C=O) groups is 1. The molecule has 1 aromatic rings. The Morgan fingerprint density at radius 2 is 2.25 bits per heavy atom. The lowest BCUT2D eigenvalue weighted by molar-refractivity contribution is -0.117. The van der Waals surface area contributed by atoms with Crippen molar-refractivity contribution in [3.8, 4) is 0 Å². The van der Waals surface area contributed by atoms with Crippen molar-refractivity contribution in [3.63, 3.8) is 0 Å². The first-order valence-corrected chi connectivity index (χ1v) is 6.62. The molecule has 0 spiro atoms. The zero-order chi connectivity index (χ0) is 11.9. The lowest BCUT2D eigenvalue weighted by Crippen LogP contribution is -2.25. The van der Waals surface area contributed by atoms with E-state index in [1.807, 2.05) is 19.1 Å². The molecule has 16 heavy (non-hydrogen) atoms. The maximum atomic E-state index is 11.8. The molecule has 1 aromatic carbocycles. The van der Waals surface area contributed by atoms with Gasteiger partial charge in [-0.3, -0.25) is 4.79 Å². The van der Waals surface area contributed by atoms with Crippen LogP contribution in [0, 0.1) is 6.92 Å². The van der Waals surface area contributed by atoms with E-state index in [0.29, 0.717) is 18.0 Å².